The first-order chi connectivity index (χ1) is 4.16. The summed E-state index contributed by atoms with van der Waals surface area (Å²) >= 11 is 0. The zero-order valence-corrected chi connectivity index (χ0v) is 6.31. The van der Waals surface area contributed by atoms with Gasteiger partial charge in [0.05, 0.1) is 12.7 Å². The third-order valence-electron chi connectivity index (χ3n) is 1.72. The number of hydrogen-bond donors (Lipinski definition) is 0. The molecule has 1 rings (SSSR count). The average molecular weight is 130 g/mol. The van der Waals surface area contributed by atoms with Gasteiger partial charge in [0, 0.05) is 0 Å². The van der Waals surface area contributed by atoms with E-state index in [-0.39, 0.29) is 11.9 Å². The molecule has 2 nitrogen and oxygen atoms in total. The van der Waals surface area contributed by atoms with Crippen molar-refractivity contribution < 1.29 is 9.47 Å². The van der Waals surface area contributed by atoms with Crippen molar-refractivity contribution in [2.45, 2.75) is 39.1 Å². The van der Waals surface area contributed by atoms with Crippen LogP contribution in [0, 0.1) is 0 Å². The molecule has 1 saturated heterocycles. The number of hydrogen-bond acceptors (Lipinski definition) is 2. The normalized spacial score (nSPS) is 43.7. The van der Waals surface area contributed by atoms with Gasteiger partial charge in [-0.1, -0.05) is 6.92 Å². The van der Waals surface area contributed by atoms with Crippen molar-refractivity contribution in [3.63, 3.8) is 0 Å². The zero-order chi connectivity index (χ0) is 6.91. The van der Waals surface area contributed by atoms with E-state index in [1.165, 1.54) is 0 Å². The van der Waals surface area contributed by atoms with Crippen LogP contribution in [-0.2, 0) is 9.47 Å². The van der Waals surface area contributed by atoms with E-state index in [1.54, 1.807) is 0 Å². The summed E-state index contributed by atoms with van der Waals surface area (Å²) in [5.74, 6) is -0.292. The summed E-state index contributed by atoms with van der Waals surface area (Å²) in [6.07, 6.45) is 1.20. The Hall–Kier alpha value is -0.0800. The van der Waals surface area contributed by atoms with Gasteiger partial charge in [-0.05, 0) is 20.3 Å². The molecule has 1 aliphatic heterocycles. The number of rotatable bonds is 1. The van der Waals surface area contributed by atoms with Crippen LogP contribution in [0.3, 0.4) is 0 Å². The monoisotopic (exact) mass is 130 g/mol. The van der Waals surface area contributed by atoms with Gasteiger partial charge in [0.1, 0.15) is 0 Å². The zero-order valence-electron chi connectivity index (χ0n) is 6.31. The molecule has 0 aliphatic carbocycles. The quantitative estimate of drug-likeness (QED) is 0.536. The first-order valence-electron chi connectivity index (χ1n) is 3.48. The van der Waals surface area contributed by atoms with E-state index in [0.29, 0.717) is 0 Å². The van der Waals surface area contributed by atoms with E-state index in [4.69, 9.17) is 9.47 Å². The minimum absolute atomic E-state index is 0.273. The smallest absolute Gasteiger partial charge is 0.165 e. The van der Waals surface area contributed by atoms with E-state index in [1.807, 2.05) is 13.8 Å². The lowest BCUT2D eigenvalue weighted by atomic mass is 10.2. The van der Waals surface area contributed by atoms with Gasteiger partial charge in [-0.3, -0.25) is 0 Å². The Morgan fingerprint density at radius 2 is 2.33 bits per heavy atom. The van der Waals surface area contributed by atoms with Gasteiger partial charge in [0.2, 0.25) is 0 Å². The van der Waals surface area contributed by atoms with Crippen LogP contribution in [0.15, 0.2) is 0 Å². The van der Waals surface area contributed by atoms with Crippen molar-refractivity contribution in [2.75, 3.05) is 6.61 Å². The second-order valence-electron chi connectivity index (χ2n) is 2.73. The van der Waals surface area contributed by atoms with Gasteiger partial charge in [0.15, 0.2) is 5.79 Å². The topological polar surface area (TPSA) is 18.5 Å². The molecule has 2 heteroatoms. The van der Waals surface area contributed by atoms with E-state index in [9.17, 15) is 0 Å². The molecule has 9 heavy (non-hydrogen) atoms. The van der Waals surface area contributed by atoms with Crippen LogP contribution in [0.2, 0.25) is 0 Å². The lowest BCUT2D eigenvalue weighted by molar-refractivity contribution is -0.153. The van der Waals surface area contributed by atoms with Crippen molar-refractivity contribution in [3.8, 4) is 0 Å². The molecule has 0 saturated carbocycles. The number of ether oxygens (including phenoxy) is 2. The minimum Gasteiger partial charge on any atom is -0.348 e. The van der Waals surface area contributed by atoms with Crippen LogP contribution in [0.25, 0.3) is 0 Å². The molecule has 1 heterocycles. The summed E-state index contributed by atoms with van der Waals surface area (Å²) in [6.45, 7) is 6.82. The van der Waals surface area contributed by atoms with Crippen LogP contribution >= 0.6 is 0 Å². The Balaban J connectivity index is 2.45. The Morgan fingerprint density at radius 3 is 2.56 bits per heavy atom. The maximum atomic E-state index is 5.48. The van der Waals surface area contributed by atoms with Crippen LogP contribution in [0.1, 0.15) is 27.2 Å². The molecule has 0 aromatic carbocycles. The summed E-state index contributed by atoms with van der Waals surface area (Å²) in [5.41, 5.74) is 0. The second kappa shape index (κ2) is 2.27. The molecule has 2 atom stereocenters. The predicted octanol–water partition coefficient (Wildman–Crippen LogP) is 1.55. The molecule has 0 bridgehead atoms. The van der Waals surface area contributed by atoms with Crippen molar-refractivity contribution in [3.05, 3.63) is 0 Å². The van der Waals surface area contributed by atoms with E-state index < -0.39 is 0 Å². The predicted molar refractivity (Wildman–Crippen MR) is 35.2 cm³/mol. The lowest BCUT2D eigenvalue weighted by Gasteiger charge is -2.19. The molecule has 0 unspecified atom stereocenters. The molecule has 0 radical (unpaired) electrons. The largest absolute Gasteiger partial charge is 0.348 e. The summed E-state index contributed by atoms with van der Waals surface area (Å²) in [7, 11) is 0. The molecular formula is C7H14O2. The van der Waals surface area contributed by atoms with E-state index >= 15 is 0 Å². The fourth-order valence-corrected chi connectivity index (χ4v) is 0.973. The molecule has 0 spiro atoms. The highest BCUT2D eigenvalue weighted by atomic mass is 16.7. The molecule has 0 aromatic heterocycles. The molecule has 0 aromatic rings. The fourth-order valence-electron chi connectivity index (χ4n) is 0.973. The molecule has 0 amide bonds. The van der Waals surface area contributed by atoms with Crippen molar-refractivity contribution in [1.82, 2.24) is 0 Å². The molecular weight excluding hydrogens is 116 g/mol. The Bertz CT molecular complexity index is 103. The Kier molecular flexibility index (Phi) is 1.78. The highest BCUT2D eigenvalue weighted by Crippen LogP contribution is 2.25. The first kappa shape index (κ1) is 7.03. The highest BCUT2D eigenvalue weighted by molar-refractivity contribution is 4.69. The van der Waals surface area contributed by atoms with Crippen LogP contribution in [-0.4, -0.2) is 18.5 Å². The maximum Gasteiger partial charge on any atom is 0.165 e. The van der Waals surface area contributed by atoms with Crippen molar-refractivity contribution in [2.24, 2.45) is 0 Å². The Labute approximate surface area is 56.2 Å². The van der Waals surface area contributed by atoms with E-state index in [0.717, 1.165) is 13.0 Å². The van der Waals surface area contributed by atoms with Crippen LogP contribution in [0.5, 0.6) is 0 Å². The summed E-state index contributed by atoms with van der Waals surface area (Å²) < 4.78 is 10.9. The van der Waals surface area contributed by atoms with Gasteiger partial charge < -0.3 is 9.47 Å². The van der Waals surface area contributed by atoms with Gasteiger partial charge >= 0.3 is 0 Å². The van der Waals surface area contributed by atoms with Gasteiger partial charge in [-0.2, -0.15) is 0 Å². The molecule has 1 aliphatic rings. The molecule has 0 N–H and O–H groups in total. The van der Waals surface area contributed by atoms with Crippen molar-refractivity contribution >= 4 is 0 Å². The van der Waals surface area contributed by atoms with E-state index in [2.05, 4.69) is 6.92 Å². The molecule has 54 valence electrons. The third kappa shape index (κ3) is 1.43. The van der Waals surface area contributed by atoms with Gasteiger partial charge in [-0.25, -0.2) is 0 Å². The Morgan fingerprint density at radius 1 is 1.67 bits per heavy atom. The van der Waals surface area contributed by atoms with Gasteiger partial charge in [-0.15, -0.1) is 0 Å². The SMILES string of the molecule is CC[C@@]1(C)OC[C@@H](C)O1. The van der Waals surface area contributed by atoms with Crippen molar-refractivity contribution in [1.29, 1.82) is 0 Å². The fraction of sp³-hybridized carbons (Fsp3) is 1.00. The molecule has 1 fully saturated rings. The first-order valence-corrected chi connectivity index (χ1v) is 3.48. The summed E-state index contributed by atoms with van der Waals surface area (Å²) in [6, 6.07) is 0. The second-order valence-corrected chi connectivity index (χ2v) is 2.73. The maximum absolute atomic E-state index is 5.48. The van der Waals surface area contributed by atoms with Gasteiger partial charge in [0.25, 0.3) is 0 Å². The minimum atomic E-state index is -0.292. The standard InChI is InChI=1S/C7H14O2/c1-4-7(3)8-5-6(2)9-7/h6H,4-5H2,1-3H3/t6-,7+/m1/s1. The average Bonchev–Trinajstić information content (AvgIpc) is 2.13. The van der Waals surface area contributed by atoms with Crippen LogP contribution < -0.4 is 0 Å². The third-order valence-corrected chi connectivity index (χ3v) is 1.72. The summed E-state index contributed by atoms with van der Waals surface area (Å²) in [4.78, 5) is 0. The van der Waals surface area contributed by atoms with Crippen LogP contribution in [0.4, 0.5) is 0 Å². The lowest BCUT2D eigenvalue weighted by Crippen LogP contribution is -2.24. The summed E-state index contributed by atoms with van der Waals surface area (Å²) in [5, 5.41) is 0. The highest BCUT2D eigenvalue weighted by Gasteiger charge is 2.32.